The summed E-state index contributed by atoms with van der Waals surface area (Å²) < 4.78 is 10.3. The predicted molar refractivity (Wildman–Crippen MR) is 108 cm³/mol. The molecule has 1 aromatic carbocycles. The minimum Gasteiger partial charge on any atom is -0.488 e. The number of aryl methyl sites for hydroxylation is 1. The molecule has 0 bridgehead atoms. The van der Waals surface area contributed by atoms with Crippen molar-refractivity contribution in [3.8, 4) is 16.9 Å². The lowest BCUT2D eigenvalue weighted by molar-refractivity contribution is -0.119. The van der Waals surface area contributed by atoms with Crippen LogP contribution in [-0.2, 0) is 17.4 Å². The first-order valence-electron chi connectivity index (χ1n) is 9.66. The van der Waals surface area contributed by atoms with Gasteiger partial charge in [-0.25, -0.2) is 4.98 Å². The molecule has 0 radical (unpaired) electrons. The van der Waals surface area contributed by atoms with Gasteiger partial charge >= 0.3 is 0 Å². The highest BCUT2D eigenvalue weighted by molar-refractivity contribution is 5.87. The topological polar surface area (TPSA) is 74.0 Å². The van der Waals surface area contributed by atoms with Gasteiger partial charge in [0.2, 0.25) is 5.91 Å². The number of hydrogen-bond acceptors (Lipinski definition) is 4. The number of hydrogen-bond donors (Lipinski definition) is 1. The van der Waals surface area contributed by atoms with E-state index in [1.807, 2.05) is 29.4 Å². The second kappa shape index (κ2) is 6.65. The summed E-state index contributed by atoms with van der Waals surface area (Å²) in [5, 5.41) is 7.40. The second-order valence-electron chi connectivity index (χ2n) is 8.63. The summed E-state index contributed by atoms with van der Waals surface area (Å²) in [5.41, 5.74) is 3.80. The molecule has 3 heterocycles. The maximum Gasteiger partial charge on any atom is 0.220 e. The summed E-state index contributed by atoms with van der Waals surface area (Å²) in [4.78, 5) is 16.1. The van der Waals surface area contributed by atoms with Crippen molar-refractivity contribution in [1.29, 1.82) is 0 Å². The van der Waals surface area contributed by atoms with E-state index >= 15 is 0 Å². The molecule has 1 amide bonds. The lowest BCUT2D eigenvalue weighted by atomic mass is 10.0. The third-order valence-corrected chi connectivity index (χ3v) is 5.37. The fourth-order valence-corrected chi connectivity index (χ4v) is 3.60. The number of benzene rings is 1. The van der Waals surface area contributed by atoms with Crippen molar-refractivity contribution in [3.05, 3.63) is 30.9 Å². The number of carbonyl (C=O) groups is 1. The zero-order chi connectivity index (χ0) is 20.1. The van der Waals surface area contributed by atoms with Gasteiger partial charge in [-0.15, -0.1) is 0 Å². The molecule has 0 spiro atoms. The molecule has 2 unspecified atom stereocenters. The van der Waals surface area contributed by atoms with Crippen LogP contribution in [0, 0.1) is 5.92 Å². The largest absolute Gasteiger partial charge is 0.488 e. The molecule has 28 heavy (non-hydrogen) atoms. The van der Waals surface area contributed by atoms with Crippen LogP contribution in [0.25, 0.3) is 22.2 Å². The number of rotatable bonds is 4. The highest BCUT2D eigenvalue weighted by Crippen LogP contribution is 2.34. The van der Waals surface area contributed by atoms with Crippen molar-refractivity contribution in [3.63, 3.8) is 0 Å². The van der Waals surface area contributed by atoms with Crippen LogP contribution in [0.5, 0.6) is 5.75 Å². The number of ether oxygens (including phenoxy) is 1. The van der Waals surface area contributed by atoms with Gasteiger partial charge < -0.3 is 14.6 Å². The number of imidazole rings is 1. The number of nitrogens with one attached hydrogen (secondary N) is 1. The second-order valence-corrected chi connectivity index (χ2v) is 8.63. The molecule has 1 fully saturated rings. The van der Waals surface area contributed by atoms with E-state index in [9.17, 15) is 4.79 Å². The van der Waals surface area contributed by atoms with Crippen LogP contribution in [0.15, 0.2) is 30.9 Å². The summed E-state index contributed by atoms with van der Waals surface area (Å²) in [6, 6.07) is 4.12. The Hall–Kier alpha value is -2.83. The monoisotopic (exact) mass is 381 g/mol. The molecular weight excluding hydrogens is 354 g/mol. The van der Waals surface area contributed by atoms with Crippen LogP contribution in [0.2, 0.25) is 0 Å². The summed E-state index contributed by atoms with van der Waals surface area (Å²) >= 11 is 0. The van der Waals surface area contributed by atoms with Gasteiger partial charge in [0.05, 0.1) is 23.6 Å². The average Bonchev–Trinajstić information content (AvgIpc) is 3.34. The predicted octanol–water partition coefficient (Wildman–Crippen LogP) is 3.10. The number of fused-ring (bicyclic) bond motifs is 1. The molecule has 4 rings (SSSR count). The smallest absolute Gasteiger partial charge is 0.220 e. The third-order valence-electron chi connectivity index (χ3n) is 5.37. The quantitative estimate of drug-likeness (QED) is 0.754. The molecule has 1 saturated heterocycles. The Bertz CT molecular complexity index is 1030. The Balaban J connectivity index is 1.72. The van der Waals surface area contributed by atoms with Crippen molar-refractivity contribution in [2.24, 2.45) is 13.0 Å². The molecule has 7 heteroatoms. The van der Waals surface area contributed by atoms with Crippen LogP contribution >= 0.6 is 0 Å². The van der Waals surface area contributed by atoms with Crippen LogP contribution in [-0.4, -0.2) is 37.9 Å². The number of amides is 1. The zero-order valence-corrected chi connectivity index (χ0v) is 17.1. The van der Waals surface area contributed by atoms with Crippen molar-refractivity contribution >= 4 is 16.9 Å². The SMILES string of the molecule is CC(Oc1cc(-c2cnn(C(C)(C)C)c2)cc2ncn(C)c12)C1CNC(=O)C1. The summed E-state index contributed by atoms with van der Waals surface area (Å²) in [6.45, 7) is 9.06. The Kier molecular flexibility index (Phi) is 4.40. The van der Waals surface area contributed by atoms with E-state index in [4.69, 9.17) is 4.74 Å². The maximum absolute atomic E-state index is 11.6. The first kappa shape index (κ1) is 18.5. The van der Waals surface area contributed by atoms with Gasteiger partial charge in [0, 0.05) is 37.7 Å². The van der Waals surface area contributed by atoms with Gasteiger partial charge in [-0.3, -0.25) is 9.48 Å². The van der Waals surface area contributed by atoms with E-state index in [1.54, 1.807) is 6.33 Å². The van der Waals surface area contributed by atoms with E-state index < -0.39 is 0 Å². The zero-order valence-electron chi connectivity index (χ0n) is 17.1. The first-order valence-corrected chi connectivity index (χ1v) is 9.66. The van der Waals surface area contributed by atoms with Crippen molar-refractivity contribution in [1.82, 2.24) is 24.6 Å². The van der Waals surface area contributed by atoms with Crippen LogP contribution in [0.3, 0.4) is 0 Å². The Labute approximate surface area is 164 Å². The van der Waals surface area contributed by atoms with E-state index in [0.29, 0.717) is 13.0 Å². The van der Waals surface area contributed by atoms with E-state index in [2.05, 4.69) is 54.5 Å². The fourth-order valence-electron chi connectivity index (χ4n) is 3.60. The summed E-state index contributed by atoms with van der Waals surface area (Å²) in [6.07, 6.45) is 6.15. The molecule has 7 nitrogen and oxygen atoms in total. The van der Waals surface area contributed by atoms with Gasteiger partial charge in [-0.2, -0.15) is 5.10 Å². The number of carbonyl (C=O) groups excluding carboxylic acids is 1. The van der Waals surface area contributed by atoms with Gasteiger partial charge in [-0.1, -0.05) is 0 Å². The lowest BCUT2D eigenvalue weighted by Crippen LogP contribution is -2.25. The van der Waals surface area contributed by atoms with Crippen LogP contribution in [0.4, 0.5) is 0 Å². The molecule has 3 aromatic rings. The molecule has 0 aliphatic carbocycles. The maximum atomic E-state index is 11.6. The van der Waals surface area contributed by atoms with E-state index in [-0.39, 0.29) is 23.5 Å². The summed E-state index contributed by atoms with van der Waals surface area (Å²) in [5.74, 6) is 1.04. The van der Waals surface area contributed by atoms with Gasteiger partial charge in [0.1, 0.15) is 17.4 Å². The molecule has 148 valence electrons. The van der Waals surface area contributed by atoms with Gasteiger partial charge in [0.15, 0.2) is 0 Å². The molecular formula is C21H27N5O2. The molecule has 2 aromatic heterocycles. The number of nitrogens with zero attached hydrogens (tertiary/aromatic N) is 4. The highest BCUT2D eigenvalue weighted by atomic mass is 16.5. The third kappa shape index (κ3) is 3.37. The number of aromatic nitrogens is 4. The van der Waals surface area contributed by atoms with Crippen molar-refractivity contribution in [2.45, 2.75) is 45.8 Å². The minimum absolute atomic E-state index is 0.0791. The minimum atomic E-state index is -0.0802. The van der Waals surface area contributed by atoms with Gasteiger partial charge in [0.25, 0.3) is 0 Å². The first-order chi connectivity index (χ1) is 13.2. The Morgan fingerprint density at radius 1 is 1.29 bits per heavy atom. The molecule has 1 aliphatic rings. The molecule has 0 saturated carbocycles. The highest BCUT2D eigenvalue weighted by Gasteiger charge is 2.28. The van der Waals surface area contributed by atoms with E-state index in [0.717, 1.165) is 27.9 Å². The normalized spacial score (nSPS) is 18.5. The van der Waals surface area contributed by atoms with Crippen molar-refractivity contribution < 1.29 is 9.53 Å². The van der Waals surface area contributed by atoms with Crippen LogP contribution < -0.4 is 10.1 Å². The average molecular weight is 381 g/mol. The van der Waals surface area contributed by atoms with E-state index in [1.165, 1.54) is 0 Å². The standard InChI is InChI=1S/C21H27N5O2/c1-13(15-8-19(27)22-9-15)28-18-7-14(6-17-20(18)25(5)12-23-17)16-10-24-26(11-16)21(2,3)4/h6-7,10-13,15H,8-9H2,1-5H3,(H,22,27). The Morgan fingerprint density at radius 3 is 2.71 bits per heavy atom. The van der Waals surface area contributed by atoms with Crippen molar-refractivity contribution in [2.75, 3.05) is 6.54 Å². The van der Waals surface area contributed by atoms with Gasteiger partial charge in [-0.05, 0) is 45.4 Å². The van der Waals surface area contributed by atoms with Crippen LogP contribution in [0.1, 0.15) is 34.1 Å². The molecule has 2 atom stereocenters. The summed E-state index contributed by atoms with van der Waals surface area (Å²) in [7, 11) is 1.96. The Morgan fingerprint density at radius 2 is 2.07 bits per heavy atom. The molecule has 1 N–H and O–H groups in total. The molecule has 1 aliphatic heterocycles. The lowest BCUT2D eigenvalue weighted by Gasteiger charge is -2.21. The fraction of sp³-hybridized carbons (Fsp3) is 0.476.